The number of methoxy groups -OCH3 is 1. The highest BCUT2D eigenvalue weighted by atomic mass is 32.2. The van der Waals surface area contributed by atoms with Crippen molar-refractivity contribution in [3.8, 4) is 0 Å². The van der Waals surface area contributed by atoms with Gasteiger partial charge in [-0.05, 0) is 0 Å². The van der Waals surface area contributed by atoms with Gasteiger partial charge in [0.15, 0.2) is 5.16 Å². The molecule has 0 fully saturated rings. The molecule has 2 rings (SSSR count). The molecule has 0 aliphatic carbocycles. The number of carbonyl (C=O) groups excluding carboxylic acids is 1. The number of thioether (sulfide) groups is 2. The molecule has 8 heteroatoms. The molecule has 1 aliphatic rings. The number of amides is 1. The van der Waals surface area contributed by atoms with Crippen molar-refractivity contribution in [3.63, 3.8) is 0 Å². The van der Waals surface area contributed by atoms with E-state index >= 15 is 0 Å². The van der Waals surface area contributed by atoms with Crippen LogP contribution in [0.25, 0.3) is 0 Å². The second-order valence-electron chi connectivity index (χ2n) is 3.97. The lowest BCUT2D eigenvalue weighted by Gasteiger charge is -2.12. The van der Waals surface area contributed by atoms with Gasteiger partial charge in [0.2, 0.25) is 5.91 Å². The number of aryl methyl sites for hydroxylation is 1. The Balaban J connectivity index is 2.35. The Morgan fingerprint density at radius 2 is 2.42 bits per heavy atom. The quantitative estimate of drug-likeness (QED) is 0.593. The van der Waals surface area contributed by atoms with Crippen LogP contribution in [0.15, 0.2) is 14.8 Å². The van der Waals surface area contributed by atoms with Crippen LogP contribution in [-0.2, 0) is 22.5 Å². The van der Waals surface area contributed by atoms with Crippen molar-refractivity contribution >= 4 is 29.4 Å². The number of hydrogen-bond donors (Lipinski definition) is 1. The molecule has 19 heavy (non-hydrogen) atoms. The highest BCUT2D eigenvalue weighted by molar-refractivity contribution is 8.00. The lowest BCUT2D eigenvalue weighted by molar-refractivity contribution is -0.115. The van der Waals surface area contributed by atoms with Crippen molar-refractivity contribution in [2.75, 3.05) is 25.2 Å². The minimum absolute atomic E-state index is 0.0449. The molecule has 0 radical (unpaired) electrons. The predicted octanol–water partition coefficient (Wildman–Crippen LogP) is 0.115. The molecule has 6 nitrogen and oxygen atoms in total. The fourth-order valence-electron chi connectivity index (χ4n) is 1.75. The lowest BCUT2D eigenvalue weighted by Crippen LogP contribution is -2.27. The third-order valence-electron chi connectivity index (χ3n) is 2.61. The van der Waals surface area contributed by atoms with Crippen LogP contribution in [0.2, 0.25) is 0 Å². The summed E-state index contributed by atoms with van der Waals surface area (Å²) < 4.78 is 6.57. The van der Waals surface area contributed by atoms with Gasteiger partial charge in [-0.3, -0.25) is 14.2 Å². The monoisotopic (exact) mass is 301 g/mol. The Kier molecular flexibility index (Phi) is 4.89. The minimum Gasteiger partial charge on any atom is -0.383 e. The van der Waals surface area contributed by atoms with E-state index in [4.69, 9.17) is 10.5 Å². The van der Waals surface area contributed by atoms with Crippen LogP contribution in [0, 0.1) is 0 Å². The molecule has 1 aromatic heterocycles. The fourth-order valence-corrected chi connectivity index (χ4v) is 3.57. The Hall–Kier alpha value is -0.990. The summed E-state index contributed by atoms with van der Waals surface area (Å²) >= 11 is 2.74. The number of nitrogens with zero attached hydrogens (tertiary/aromatic N) is 2. The summed E-state index contributed by atoms with van der Waals surface area (Å²) in [5, 5.41) is 0.544. The van der Waals surface area contributed by atoms with Gasteiger partial charge in [-0.1, -0.05) is 11.8 Å². The lowest BCUT2D eigenvalue weighted by atomic mass is 10.3. The van der Waals surface area contributed by atoms with Crippen LogP contribution in [0.4, 0.5) is 0 Å². The minimum atomic E-state index is -0.424. The third kappa shape index (κ3) is 3.31. The number of aromatic nitrogens is 2. The number of nitrogens with two attached hydrogens (primary N) is 1. The first-order chi connectivity index (χ1) is 9.13. The van der Waals surface area contributed by atoms with Gasteiger partial charge in [0.25, 0.3) is 5.56 Å². The normalized spacial score (nSPS) is 13.5. The van der Waals surface area contributed by atoms with Crippen molar-refractivity contribution in [3.05, 3.63) is 16.0 Å². The largest absolute Gasteiger partial charge is 0.383 e. The Morgan fingerprint density at radius 3 is 3.11 bits per heavy atom. The van der Waals surface area contributed by atoms with E-state index in [-0.39, 0.29) is 11.3 Å². The van der Waals surface area contributed by atoms with Crippen molar-refractivity contribution in [2.24, 2.45) is 5.73 Å². The third-order valence-corrected chi connectivity index (χ3v) is 4.72. The number of rotatable bonds is 6. The highest BCUT2D eigenvalue weighted by Crippen LogP contribution is 2.28. The number of hydrogen-bond acceptors (Lipinski definition) is 6. The van der Waals surface area contributed by atoms with Crippen molar-refractivity contribution < 1.29 is 9.53 Å². The Bertz CT molecular complexity index is 545. The molecule has 1 aromatic rings. The average molecular weight is 301 g/mol. The van der Waals surface area contributed by atoms with Gasteiger partial charge in [0.05, 0.1) is 29.5 Å². The summed E-state index contributed by atoms with van der Waals surface area (Å²) in [5.74, 6) is 0.573. The molecule has 1 aliphatic heterocycles. The number of fused-ring (bicyclic) bond motifs is 1. The van der Waals surface area contributed by atoms with Crippen molar-refractivity contribution in [2.45, 2.75) is 23.0 Å². The summed E-state index contributed by atoms with van der Waals surface area (Å²) in [5.41, 5.74) is 5.92. The van der Waals surface area contributed by atoms with Crippen molar-refractivity contribution in [1.29, 1.82) is 0 Å². The highest BCUT2D eigenvalue weighted by Gasteiger charge is 2.21. The Morgan fingerprint density at radius 1 is 1.63 bits per heavy atom. The molecule has 0 spiro atoms. The van der Waals surface area contributed by atoms with Crippen molar-refractivity contribution in [1.82, 2.24) is 9.55 Å². The topological polar surface area (TPSA) is 87.2 Å². The van der Waals surface area contributed by atoms with Gasteiger partial charge >= 0.3 is 0 Å². The van der Waals surface area contributed by atoms with Gasteiger partial charge in [-0.25, -0.2) is 4.98 Å². The zero-order valence-electron chi connectivity index (χ0n) is 10.5. The van der Waals surface area contributed by atoms with E-state index in [1.165, 1.54) is 23.5 Å². The molecular formula is C11H15N3O3S2. The molecule has 0 atom stereocenters. The molecule has 2 heterocycles. The van der Waals surface area contributed by atoms with Gasteiger partial charge in [-0.2, -0.15) is 0 Å². The van der Waals surface area contributed by atoms with Gasteiger partial charge < -0.3 is 10.5 Å². The SMILES string of the molecule is COCCn1c(SCC(N)=O)nc2c(c1=O)SCC2. The van der Waals surface area contributed by atoms with Gasteiger partial charge in [0, 0.05) is 19.3 Å². The fraction of sp³-hybridized carbons (Fsp3) is 0.545. The van der Waals surface area contributed by atoms with Gasteiger partial charge in [-0.15, -0.1) is 11.8 Å². The van der Waals surface area contributed by atoms with Crippen LogP contribution in [-0.4, -0.2) is 40.7 Å². The van der Waals surface area contributed by atoms with Crippen LogP contribution in [0.3, 0.4) is 0 Å². The maximum atomic E-state index is 12.3. The van der Waals surface area contributed by atoms with Crippen LogP contribution in [0.5, 0.6) is 0 Å². The first-order valence-electron chi connectivity index (χ1n) is 5.80. The summed E-state index contributed by atoms with van der Waals surface area (Å²) in [6.45, 7) is 0.854. The molecule has 0 bridgehead atoms. The Labute approximate surface area is 119 Å². The predicted molar refractivity (Wildman–Crippen MR) is 74.7 cm³/mol. The van der Waals surface area contributed by atoms with E-state index in [1.807, 2.05) is 0 Å². The van der Waals surface area contributed by atoms with Crippen LogP contribution < -0.4 is 11.3 Å². The maximum Gasteiger partial charge on any atom is 0.268 e. The molecule has 0 aromatic carbocycles. The summed E-state index contributed by atoms with van der Waals surface area (Å²) in [7, 11) is 1.58. The second kappa shape index (κ2) is 6.44. The zero-order valence-corrected chi connectivity index (χ0v) is 12.2. The zero-order chi connectivity index (χ0) is 13.8. The smallest absolute Gasteiger partial charge is 0.268 e. The summed E-state index contributed by atoms with van der Waals surface area (Å²) in [4.78, 5) is 28.4. The molecular weight excluding hydrogens is 286 g/mol. The van der Waals surface area contributed by atoms with E-state index in [1.54, 1.807) is 11.7 Å². The van der Waals surface area contributed by atoms with Crippen LogP contribution >= 0.6 is 23.5 Å². The summed E-state index contributed by atoms with van der Waals surface area (Å²) in [6, 6.07) is 0. The maximum absolute atomic E-state index is 12.3. The summed E-state index contributed by atoms with van der Waals surface area (Å²) in [6.07, 6.45) is 0.796. The molecule has 0 unspecified atom stereocenters. The molecule has 1 amide bonds. The molecule has 104 valence electrons. The standard InChI is InChI=1S/C11H15N3O3S2/c1-17-4-3-14-10(16)9-7(2-5-18-9)13-11(14)19-6-8(12)15/h2-6H2,1H3,(H2,12,15). The van der Waals surface area contributed by atoms with E-state index in [2.05, 4.69) is 4.98 Å². The number of primary amides is 1. The second-order valence-corrected chi connectivity index (χ2v) is 6.02. The number of ether oxygens (including phenoxy) is 1. The van der Waals surface area contributed by atoms with E-state index in [0.717, 1.165) is 22.8 Å². The first kappa shape index (κ1) is 14.4. The van der Waals surface area contributed by atoms with E-state index in [0.29, 0.717) is 18.3 Å². The van der Waals surface area contributed by atoms with E-state index < -0.39 is 5.91 Å². The molecule has 0 saturated heterocycles. The van der Waals surface area contributed by atoms with Gasteiger partial charge in [0.1, 0.15) is 0 Å². The molecule has 0 saturated carbocycles. The average Bonchev–Trinajstić information content (AvgIpc) is 2.84. The molecule has 2 N–H and O–H groups in total. The number of carbonyl (C=O) groups is 1. The first-order valence-corrected chi connectivity index (χ1v) is 7.77. The van der Waals surface area contributed by atoms with Crippen LogP contribution in [0.1, 0.15) is 5.69 Å². The van der Waals surface area contributed by atoms with E-state index in [9.17, 15) is 9.59 Å².